The lowest BCUT2D eigenvalue weighted by atomic mass is 9.99. The van der Waals surface area contributed by atoms with Crippen LogP contribution in [-0.2, 0) is 4.79 Å². The number of rotatable bonds is 6. The average Bonchev–Trinajstić information content (AvgIpc) is 2.43. The molecule has 2 N–H and O–H groups in total. The van der Waals surface area contributed by atoms with Crippen LogP contribution in [0.25, 0.3) is 0 Å². The maximum atomic E-state index is 11.9. The van der Waals surface area contributed by atoms with E-state index in [1.165, 1.54) is 19.4 Å². The number of ether oxygens (including phenoxy) is 1. The molecule has 0 aliphatic carbocycles. The summed E-state index contributed by atoms with van der Waals surface area (Å²) in [4.78, 5) is 26.9. The number of carbonyl (C=O) groups excluding carboxylic acids is 1. The van der Waals surface area contributed by atoms with Crippen LogP contribution in [0.4, 0.5) is 0 Å². The highest BCUT2D eigenvalue weighted by Gasteiger charge is 2.25. The minimum atomic E-state index is -1.04. The highest BCUT2D eigenvalue weighted by Crippen LogP contribution is 2.10. The molecule has 2 atom stereocenters. The van der Waals surface area contributed by atoms with Crippen LogP contribution in [0.3, 0.4) is 0 Å². The molecule has 1 aromatic rings. The van der Waals surface area contributed by atoms with Gasteiger partial charge in [0.15, 0.2) is 0 Å². The smallest absolute Gasteiger partial charge is 0.326 e. The van der Waals surface area contributed by atoms with E-state index in [4.69, 9.17) is 9.84 Å². The van der Waals surface area contributed by atoms with Crippen LogP contribution in [-0.4, -0.2) is 35.1 Å². The molecule has 0 aliphatic rings. The van der Waals surface area contributed by atoms with Gasteiger partial charge in [0.2, 0.25) is 5.88 Å². The summed E-state index contributed by atoms with van der Waals surface area (Å²) in [6.07, 6.45) is 2.02. The third-order valence-corrected chi connectivity index (χ3v) is 2.97. The van der Waals surface area contributed by atoms with Crippen LogP contribution in [0.2, 0.25) is 0 Å². The number of aromatic nitrogens is 1. The van der Waals surface area contributed by atoms with Crippen molar-refractivity contribution >= 4 is 11.9 Å². The monoisotopic (exact) mass is 266 g/mol. The fraction of sp³-hybridized carbons (Fsp3) is 0.462. The number of pyridine rings is 1. The molecule has 6 heteroatoms. The summed E-state index contributed by atoms with van der Waals surface area (Å²) >= 11 is 0. The third-order valence-electron chi connectivity index (χ3n) is 2.97. The molecule has 0 radical (unpaired) electrons. The Hall–Kier alpha value is -2.11. The summed E-state index contributed by atoms with van der Waals surface area (Å²) in [5, 5.41) is 11.6. The SMILES string of the molecule is CC[C@H](C)[C@H](NC(=O)c1ccc(OC)nc1)C(=O)O. The Kier molecular flexibility index (Phi) is 5.29. The lowest BCUT2D eigenvalue weighted by Gasteiger charge is -2.20. The minimum Gasteiger partial charge on any atom is -0.481 e. The maximum absolute atomic E-state index is 11.9. The van der Waals surface area contributed by atoms with Gasteiger partial charge < -0.3 is 15.2 Å². The second-order valence-corrected chi connectivity index (χ2v) is 4.26. The number of carboxylic acids is 1. The molecular formula is C13H18N2O4. The summed E-state index contributed by atoms with van der Waals surface area (Å²) in [6, 6.07) is 2.18. The normalized spacial score (nSPS) is 13.4. The van der Waals surface area contributed by atoms with Gasteiger partial charge in [0, 0.05) is 12.3 Å². The molecule has 0 unspecified atom stereocenters. The summed E-state index contributed by atoms with van der Waals surface area (Å²) in [7, 11) is 1.48. The number of methoxy groups -OCH3 is 1. The molecule has 104 valence electrons. The zero-order chi connectivity index (χ0) is 14.4. The first-order valence-corrected chi connectivity index (χ1v) is 6.03. The Bertz CT molecular complexity index is 444. The first-order valence-electron chi connectivity index (χ1n) is 6.03. The van der Waals surface area contributed by atoms with Crippen LogP contribution in [0.15, 0.2) is 18.3 Å². The average molecular weight is 266 g/mol. The Morgan fingerprint density at radius 2 is 2.16 bits per heavy atom. The highest BCUT2D eigenvalue weighted by molar-refractivity contribution is 5.96. The van der Waals surface area contributed by atoms with Crippen molar-refractivity contribution < 1.29 is 19.4 Å². The number of aliphatic carboxylic acids is 1. The van der Waals surface area contributed by atoms with Gasteiger partial charge in [0.25, 0.3) is 5.91 Å². The molecule has 1 rings (SSSR count). The van der Waals surface area contributed by atoms with E-state index in [-0.39, 0.29) is 5.92 Å². The minimum absolute atomic E-state index is 0.146. The van der Waals surface area contributed by atoms with Crippen molar-refractivity contribution in [2.45, 2.75) is 26.3 Å². The second kappa shape index (κ2) is 6.72. The molecule has 0 saturated carbocycles. The molecule has 0 fully saturated rings. The summed E-state index contributed by atoms with van der Waals surface area (Å²) in [5.41, 5.74) is 0.301. The Morgan fingerprint density at radius 1 is 1.47 bits per heavy atom. The molecule has 0 saturated heterocycles. The largest absolute Gasteiger partial charge is 0.481 e. The third kappa shape index (κ3) is 3.94. The number of hydrogen-bond acceptors (Lipinski definition) is 4. The maximum Gasteiger partial charge on any atom is 0.326 e. The molecule has 1 heterocycles. The van der Waals surface area contributed by atoms with E-state index in [0.717, 1.165) is 0 Å². The summed E-state index contributed by atoms with van der Waals surface area (Å²) < 4.78 is 4.89. The van der Waals surface area contributed by atoms with Crippen molar-refractivity contribution in [1.82, 2.24) is 10.3 Å². The van der Waals surface area contributed by atoms with Crippen molar-refractivity contribution in [2.24, 2.45) is 5.92 Å². The van der Waals surface area contributed by atoms with Crippen LogP contribution in [0.1, 0.15) is 30.6 Å². The highest BCUT2D eigenvalue weighted by atomic mass is 16.5. The van der Waals surface area contributed by atoms with Crippen molar-refractivity contribution in [3.63, 3.8) is 0 Å². The van der Waals surface area contributed by atoms with Crippen molar-refractivity contribution in [2.75, 3.05) is 7.11 Å². The standard InChI is InChI=1S/C13H18N2O4/c1-4-8(2)11(13(17)18)15-12(16)9-5-6-10(19-3)14-7-9/h5-8,11H,4H2,1-3H3,(H,15,16)(H,17,18)/t8-,11-/m0/s1. The number of nitrogens with zero attached hydrogens (tertiary/aromatic N) is 1. The van der Waals surface area contributed by atoms with Gasteiger partial charge in [-0.3, -0.25) is 4.79 Å². The molecule has 19 heavy (non-hydrogen) atoms. The number of carboxylic acid groups (broad SMARTS) is 1. The Balaban J connectivity index is 2.78. The van der Waals surface area contributed by atoms with Crippen LogP contribution < -0.4 is 10.1 Å². The van der Waals surface area contributed by atoms with E-state index in [2.05, 4.69) is 10.3 Å². The number of amides is 1. The van der Waals surface area contributed by atoms with Gasteiger partial charge in [-0.05, 0) is 12.0 Å². The van der Waals surface area contributed by atoms with E-state index in [1.807, 2.05) is 6.92 Å². The van der Waals surface area contributed by atoms with E-state index in [1.54, 1.807) is 13.0 Å². The first-order chi connectivity index (χ1) is 8.99. The Morgan fingerprint density at radius 3 is 2.58 bits per heavy atom. The molecular weight excluding hydrogens is 248 g/mol. The van der Waals surface area contributed by atoms with Crippen molar-refractivity contribution in [3.8, 4) is 5.88 Å². The summed E-state index contributed by atoms with van der Waals surface area (Å²) in [5.74, 6) is -1.24. The van der Waals surface area contributed by atoms with Crippen LogP contribution in [0.5, 0.6) is 5.88 Å². The predicted molar refractivity (Wildman–Crippen MR) is 69.1 cm³/mol. The van der Waals surface area contributed by atoms with Gasteiger partial charge in [-0.1, -0.05) is 20.3 Å². The fourth-order valence-electron chi connectivity index (χ4n) is 1.54. The number of carbonyl (C=O) groups is 2. The lowest BCUT2D eigenvalue weighted by Crippen LogP contribution is -2.45. The van der Waals surface area contributed by atoms with Gasteiger partial charge in [-0.2, -0.15) is 0 Å². The van der Waals surface area contributed by atoms with E-state index < -0.39 is 17.9 Å². The van der Waals surface area contributed by atoms with E-state index >= 15 is 0 Å². The second-order valence-electron chi connectivity index (χ2n) is 4.26. The van der Waals surface area contributed by atoms with Gasteiger partial charge in [0.05, 0.1) is 12.7 Å². The molecule has 1 aromatic heterocycles. The Labute approximate surface area is 111 Å². The molecule has 6 nitrogen and oxygen atoms in total. The summed E-state index contributed by atoms with van der Waals surface area (Å²) in [6.45, 7) is 3.66. The lowest BCUT2D eigenvalue weighted by molar-refractivity contribution is -0.140. The number of nitrogens with one attached hydrogen (secondary N) is 1. The molecule has 0 aromatic carbocycles. The molecule has 0 bridgehead atoms. The van der Waals surface area contributed by atoms with Gasteiger partial charge in [-0.25, -0.2) is 9.78 Å². The molecule has 0 spiro atoms. The van der Waals surface area contributed by atoms with Gasteiger partial charge in [-0.15, -0.1) is 0 Å². The number of hydrogen-bond donors (Lipinski definition) is 2. The van der Waals surface area contributed by atoms with Gasteiger partial charge in [0.1, 0.15) is 6.04 Å². The van der Waals surface area contributed by atoms with Crippen molar-refractivity contribution in [1.29, 1.82) is 0 Å². The van der Waals surface area contributed by atoms with Crippen LogP contribution >= 0.6 is 0 Å². The zero-order valence-electron chi connectivity index (χ0n) is 11.2. The zero-order valence-corrected chi connectivity index (χ0v) is 11.2. The fourth-order valence-corrected chi connectivity index (χ4v) is 1.54. The quantitative estimate of drug-likeness (QED) is 0.810. The predicted octanol–water partition coefficient (Wildman–Crippen LogP) is 1.32. The first kappa shape index (κ1) is 14.9. The molecule has 0 aliphatic heterocycles. The van der Waals surface area contributed by atoms with Crippen LogP contribution in [0, 0.1) is 5.92 Å². The topological polar surface area (TPSA) is 88.5 Å². The van der Waals surface area contributed by atoms with E-state index in [0.29, 0.717) is 17.9 Å². The molecule has 1 amide bonds. The van der Waals surface area contributed by atoms with E-state index in [9.17, 15) is 9.59 Å². The van der Waals surface area contributed by atoms with Crippen molar-refractivity contribution in [3.05, 3.63) is 23.9 Å². The van der Waals surface area contributed by atoms with Gasteiger partial charge >= 0.3 is 5.97 Å².